The van der Waals surface area contributed by atoms with Gasteiger partial charge in [-0.3, -0.25) is 0 Å². The third-order valence-electron chi connectivity index (χ3n) is 0.632. The fraction of sp³-hybridized carbons (Fsp3) is 1.00. The molecule has 0 radical (unpaired) electrons. The van der Waals surface area contributed by atoms with Gasteiger partial charge in [0.15, 0.2) is 0 Å². The normalized spacial score (nSPS) is 17.4. The molecule has 0 aromatic carbocycles. The van der Waals surface area contributed by atoms with E-state index in [9.17, 15) is 0 Å². The molecule has 0 N–H and O–H groups in total. The third-order valence-corrected chi connectivity index (χ3v) is 5.69. The van der Waals surface area contributed by atoms with Crippen molar-refractivity contribution in [3.63, 3.8) is 0 Å². The van der Waals surface area contributed by atoms with E-state index >= 15 is 0 Å². The van der Waals surface area contributed by atoms with Crippen LogP contribution in [-0.2, 0) is 0 Å². The van der Waals surface area contributed by atoms with Gasteiger partial charge in [-0.15, -0.1) is 0 Å². The van der Waals surface area contributed by atoms with Crippen molar-refractivity contribution in [1.82, 2.24) is 0 Å². The first kappa shape index (κ1) is 9.78. The maximum absolute atomic E-state index is 2.40. The van der Waals surface area contributed by atoms with Crippen LogP contribution in [0.5, 0.6) is 0 Å². The number of hydrogen-bond acceptors (Lipinski definition) is 1. The van der Waals surface area contributed by atoms with Crippen LogP contribution in [0.1, 0.15) is 13.8 Å². The van der Waals surface area contributed by atoms with Crippen molar-refractivity contribution in [1.29, 1.82) is 0 Å². The molecule has 0 fully saturated rings. The summed E-state index contributed by atoms with van der Waals surface area (Å²) in [4.78, 5) is 0. The Morgan fingerprint density at radius 1 is 1.00 bits per heavy atom. The Morgan fingerprint density at radius 2 is 1.33 bits per heavy atom. The molecule has 9 heavy (non-hydrogen) atoms. The van der Waals surface area contributed by atoms with Crippen LogP contribution < -0.4 is 0 Å². The summed E-state index contributed by atoms with van der Waals surface area (Å²) in [6, 6.07) is 0. The van der Waals surface area contributed by atoms with E-state index in [-0.39, 0.29) is 0 Å². The van der Waals surface area contributed by atoms with Crippen molar-refractivity contribution in [3.8, 4) is 0 Å². The summed E-state index contributed by atoms with van der Waals surface area (Å²) in [5.74, 6) is -1.25. The van der Waals surface area contributed by atoms with Gasteiger partial charge in [0.2, 0.25) is 0 Å². The van der Waals surface area contributed by atoms with E-state index in [1.807, 2.05) is 0 Å². The van der Waals surface area contributed by atoms with Gasteiger partial charge in [0.1, 0.15) is 0 Å². The minimum absolute atomic E-state index is 0.785. The van der Waals surface area contributed by atoms with Gasteiger partial charge in [-0.2, -0.15) is 0 Å². The Kier molecular flexibility index (Phi) is 2.64. The van der Waals surface area contributed by atoms with E-state index in [4.69, 9.17) is 0 Å². The topological polar surface area (TPSA) is 0 Å². The molecule has 0 aliphatic carbocycles. The van der Waals surface area contributed by atoms with Gasteiger partial charge < -0.3 is 0 Å². The second-order valence-electron chi connectivity index (χ2n) is 4.57. The Morgan fingerprint density at radius 3 is 1.33 bits per heavy atom. The fourth-order valence-electron chi connectivity index (χ4n) is 0.843. The molecule has 0 unspecified atom stereocenters. The van der Waals surface area contributed by atoms with Crippen molar-refractivity contribution in [2.45, 2.75) is 19.1 Å². The predicted molar refractivity (Wildman–Crippen MR) is 53.3 cm³/mol. The monoisotopic (exact) mass is 166 g/mol. The van der Waals surface area contributed by atoms with E-state index in [1.165, 1.54) is 0 Å². The standard InChI is InChI=1S/C7H19PS/c1-7(2)9-8(3,4,5)6/h7H,1-6H3. The molecule has 0 bridgehead atoms. The van der Waals surface area contributed by atoms with E-state index in [1.54, 1.807) is 0 Å². The zero-order chi connectivity index (χ0) is 7.73. The molecule has 0 nitrogen and oxygen atoms in total. The van der Waals surface area contributed by atoms with Gasteiger partial charge in [-0.05, 0) is 0 Å². The second-order valence-corrected chi connectivity index (χ2v) is 17.6. The van der Waals surface area contributed by atoms with Crippen LogP contribution in [0, 0.1) is 0 Å². The first-order valence-corrected chi connectivity index (χ1v) is 8.87. The van der Waals surface area contributed by atoms with Crippen LogP contribution in [0.25, 0.3) is 0 Å². The molecule has 0 saturated carbocycles. The van der Waals surface area contributed by atoms with Crippen LogP contribution >= 0.6 is 17.2 Å². The average molecular weight is 166 g/mol. The van der Waals surface area contributed by atoms with Gasteiger partial charge in [0.25, 0.3) is 0 Å². The van der Waals surface area contributed by atoms with Crippen LogP contribution in [0.3, 0.4) is 0 Å². The molecule has 0 aromatic rings. The summed E-state index contributed by atoms with van der Waals surface area (Å²) < 4.78 is 0. The third kappa shape index (κ3) is 8.78. The van der Waals surface area contributed by atoms with Crippen LogP contribution in [0.2, 0.25) is 0 Å². The Hall–Kier alpha value is 0.780. The minimum atomic E-state index is -1.25. The molecule has 0 aliphatic heterocycles. The molecule has 0 saturated heterocycles. The average Bonchev–Trinajstić information content (AvgIpc) is 1.16. The van der Waals surface area contributed by atoms with E-state index < -0.39 is 5.81 Å². The zero-order valence-electron chi connectivity index (χ0n) is 7.43. The Labute approximate surface area is 63.5 Å². The SMILES string of the molecule is CC(C)SP(C)(C)(C)C. The van der Waals surface area contributed by atoms with Gasteiger partial charge in [-0.1, -0.05) is 0 Å². The van der Waals surface area contributed by atoms with E-state index in [2.05, 4.69) is 51.9 Å². The quantitative estimate of drug-likeness (QED) is 0.568. The Balaban J connectivity index is 3.89. The second kappa shape index (κ2) is 2.43. The Bertz CT molecular complexity index is 90.0. The molecule has 0 atom stereocenters. The number of hydrogen-bond donors (Lipinski definition) is 0. The zero-order valence-corrected chi connectivity index (χ0v) is 9.14. The van der Waals surface area contributed by atoms with Crippen molar-refractivity contribution in [2.24, 2.45) is 0 Å². The van der Waals surface area contributed by atoms with Crippen molar-refractivity contribution in [2.75, 3.05) is 26.7 Å². The molecule has 0 rings (SSSR count). The molecule has 2 heteroatoms. The summed E-state index contributed by atoms with van der Waals surface area (Å²) in [5, 5.41) is 0.785. The fourth-order valence-corrected chi connectivity index (χ4v) is 7.59. The molecule has 0 aliphatic rings. The molecule has 0 amide bonds. The summed E-state index contributed by atoms with van der Waals surface area (Å²) in [5.41, 5.74) is 0. The summed E-state index contributed by atoms with van der Waals surface area (Å²) in [6.07, 6.45) is 0. The number of rotatable bonds is 2. The molecule has 0 aromatic heterocycles. The molecule has 0 spiro atoms. The summed E-state index contributed by atoms with van der Waals surface area (Å²) in [6.45, 7) is 14.1. The van der Waals surface area contributed by atoms with Crippen molar-refractivity contribution < 1.29 is 0 Å². The van der Waals surface area contributed by atoms with Crippen molar-refractivity contribution >= 4 is 17.2 Å². The van der Waals surface area contributed by atoms with Crippen LogP contribution in [0.4, 0.5) is 0 Å². The van der Waals surface area contributed by atoms with Gasteiger partial charge in [0, 0.05) is 0 Å². The molecule has 0 heterocycles. The first-order chi connectivity index (χ1) is 3.67. The van der Waals surface area contributed by atoms with Crippen LogP contribution in [-0.4, -0.2) is 31.9 Å². The van der Waals surface area contributed by atoms with Gasteiger partial charge in [0.05, 0.1) is 0 Å². The maximum atomic E-state index is 2.40. The van der Waals surface area contributed by atoms with Gasteiger partial charge >= 0.3 is 62.9 Å². The first-order valence-electron chi connectivity index (χ1n) is 3.36. The van der Waals surface area contributed by atoms with E-state index in [0.717, 1.165) is 5.25 Å². The molecular weight excluding hydrogens is 147 g/mol. The van der Waals surface area contributed by atoms with Crippen molar-refractivity contribution in [3.05, 3.63) is 0 Å². The molecular formula is C7H19PS. The summed E-state index contributed by atoms with van der Waals surface area (Å²) in [7, 11) is 0. The molecule has 58 valence electrons. The van der Waals surface area contributed by atoms with Gasteiger partial charge in [-0.25, -0.2) is 0 Å². The summed E-state index contributed by atoms with van der Waals surface area (Å²) >= 11 is 2.14. The van der Waals surface area contributed by atoms with Crippen LogP contribution in [0.15, 0.2) is 0 Å². The van der Waals surface area contributed by atoms with E-state index in [0.29, 0.717) is 0 Å². The predicted octanol–water partition coefficient (Wildman–Crippen LogP) is 3.12.